The standard InChI is InChI=1S/C14H18FNO2/c1-4-16-12(8-17-3)14-9(2)11-7-10(15)5-6-13(11)18-14/h5-7,12,16H,4,8H2,1-3H3. The molecule has 0 aliphatic heterocycles. The maximum atomic E-state index is 13.2. The third kappa shape index (κ3) is 2.40. The van der Waals surface area contributed by atoms with E-state index in [-0.39, 0.29) is 11.9 Å². The average molecular weight is 251 g/mol. The van der Waals surface area contributed by atoms with Crippen molar-refractivity contribution in [1.29, 1.82) is 0 Å². The Kier molecular flexibility index (Phi) is 3.99. The van der Waals surface area contributed by atoms with Gasteiger partial charge in [0, 0.05) is 18.1 Å². The van der Waals surface area contributed by atoms with Crippen LogP contribution in [0.15, 0.2) is 22.6 Å². The molecule has 0 radical (unpaired) electrons. The first-order valence-electron chi connectivity index (χ1n) is 6.08. The topological polar surface area (TPSA) is 34.4 Å². The van der Waals surface area contributed by atoms with Crippen LogP contribution in [0.2, 0.25) is 0 Å². The van der Waals surface area contributed by atoms with Gasteiger partial charge in [0.05, 0.1) is 12.6 Å². The predicted molar refractivity (Wildman–Crippen MR) is 69.2 cm³/mol. The van der Waals surface area contributed by atoms with E-state index in [9.17, 15) is 4.39 Å². The highest BCUT2D eigenvalue weighted by Crippen LogP contribution is 2.30. The quantitative estimate of drug-likeness (QED) is 0.886. The van der Waals surface area contributed by atoms with Crippen molar-refractivity contribution in [1.82, 2.24) is 5.32 Å². The maximum Gasteiger partial charge on any atom is 0.134 e. The normalized spacial score (nSPS) is 13.1. The van der Waals surface area contributed by atoms with Gasteiger partial charge in [-0.05, 0) is 31.7 Å². The lowest BCUT2D eigenvalue weighted by Crippen LogP contribution is -2.25. The molecule has 2 aromatic rings. The molecule has 0 bridgehead atoms. The molecule has 3 nitrogen and oxygen atoms in total. The van der Waals surface area contributed by atoms with Crippen LogP contribution in [0.3, 0.4) is 0 Å². The molecule has 1 heterocycles. The molecule has 1 atom stereocenters. The molecule has 1 aromatic heterocycles. The van der Waals surface area contributed by atoms with Gasteiger partial charge in [0.25, 0.3) is 0 Å². The molecule has 98 valence electrons. The first-order chi connectivity index (χ1) is 8.67. The van der Waals surface area contributed by atoms with Crippen LogP contribution in [0.5, 0.6) is 0 Å². The molecule has 18 heavy (non-hydrogen) atoms. The Morgan fingerprint density at radius 2 is 2.22 bits per heavy atom. The number of ether oxygens (including phenoxy) is 1. The molecule has 0 spiro atoms. The monoisotopic (exact) mass is 251 g/mol. The van der Waals surface area contributed by atoms with Crippen molar-refractivity contribution in [3.8, 4) is 0 Å². The third-order valence-electron chi connectivity index (χ3n) is 3.04. The Labute approximate surface area is 106 Å². The summed E-state index contributed by atoms with van der Waals surface area (Å²) < 4.78 is 24.2. The number of hydrogen-bond acceptors (Lipinski definition) is 3. The van der Waals surface area contributed by atoms with Crippen LogP contribution in [0.25, 0.3) is 11.0 Å². The molecule has 0 fully saturated rings. The van der Waals surface area contributed by atoms with Gasteiger partial charge in [-0.1, -0.05) is 6.92 Å². The molecule has 0 aliphatic carbocycles. The molecular formula is C14H18FNO2. The van der Waals surface area contributed by atoms with E-state index in [4.69, 9.17) is 9.15 Å². The number of benzene rings is 1. The van der Waals surface area contributed by atoms with Crippen LogP contribution >= 0.6 is 0 Å². The Hall–Kier alpha value is -1.39. The van der Waals surface area contributed by atoms with Crippen molar-refractivity contribution in [2.75, 3.05) is 20.3 Å². The molecular weight excluding hydrogens is 233 g/mol. The number of hydrogen-bond donors (Lipinski definition) is 1. The van der Waals surface area contributed by atoms with Crippen molar-refractivity contribution in [2.24, 2.45) is 0 Å². The van der Waals surface area contributed by atoms with Gasteiger partial charge in [-0.3, -0.25) is 0 Å². The van der Waals surface area contributed by atoms with Gasteiger partial charge in [-0.2, -0.15) is 0 Å². The smallest absolute Gasteiger partial charge is 0.134 e. The highest BCUT2D eigenvalue weighted by molar-refractivity contribution is 5.82. The molecule has 0 amide bonds. The number of nitrogens with one attached hydrogen (secondary N) is 1. The second-order valence-electron chi connectivity index (χ2n) is 4.30. The van der Waals surface area contributed by atoms with Crippen LogP contribution in [0.1, 0.15) is 24.3 Å². The van der Waals surface area contributed by atoms with E-state index in [1.165, 1.54) is 12.1 Å². The van der Waals surface area contributed by atoms with E-state index >= 15 is 0 Å². The van der Waals surface area contributed by atoms with Gasteiger partial charge in [-0.15, -0.1) is 0 Å². The molecule has 1 aromatic carbocycles. The van der Waals surface area contributed by atoms with Gasteiger partial charge in [0.1, 0.15) is 17.2 Å². The van der Waals surface area contributed by atoms with Gasteiger partial charge in [-0.25, -0.2) is 4.39 Å². The first-order valence-corrected chi connectivity index (χ1v) is 6.08. The van der Waals surface area contributed by atoms with E-state index in [2.05, 4.69) is 5.32 Å². The van der Waals surface area contributed by atoms with Crippen LogP contribution in [-0.2, 0) is 4.74 Å². The highest BCUT2D eigenvalue weighted by atomic mass is 19.1. The molecule has 4 heteroatoms. The summed E-state index contributed by atoms with van der Waals surface area (Å²) in [5.41, 5.74) is 1.68. The van der Waals surface area contributed by atoms with Crippen molar-refractivity contribution in [3.63, 3.8) is 0 Å². The minimum absolute atomic E-state index is 0.00420. The molecule has 1 N–H and O–H groups in total. The zero-order valence-corrected chi connectivity index (χ0v) is 10.9. The summed E-state index contributed by atoms with van der Waals surface area (Å²) in [6.07, 6.45) is 0. The Bertz CT molecular complexity index is 530. The number of rotatable bonds is 5. The number of likely N-dealkylation sites (N-methyl/N-ethyl adjacent to an activating group) is 1. The van der Waals surface area contributed by atoms with Crippen molar-refractivity contribution >= 4 is 11.0 Å². The van der Waals surface area contributed by atoms with Gasteiger partial charge >= 0.3 is 0 Å². The summed E-state index contributed by atoms with van der Waals surface area (Å²) in [4.78, 5) is 0. The highest BCUT2D eigenvalue weighted by Gasteiger charge is 2.19. The average Bonchev–Trinajstić information content (AvgIpc) is 2.67. The minimum Gasteiger partial charge on any atom is -0.459 e. The number of methoxy groups -OCH3 is 1. The SMILES string of the molecule is CCNC(COC)c1oc2ccc(F)cc2c1C. The van der Waals surface area contributed by atoms with E-state index < -0.39 is 0 Å². The Balaban J connectivity index is 2.46. The fraction of sp³-hybridized carbons (Fsp3) is 0.429. The second-order valence-corrected chi connectivity index (χ2v) is 4.30. The fourth-order valence-electron chi connectivity index (χ4n) is 2.18. The van der Waals surface area contributed by atoms with Crippen LogP contribution in [0.4, 0.5) is 4.39 Å². The number of aryl methyl sites for hydroxylation is 1. The lowest BCUT2D eigenvalue weighted by molar-refractivity contribution is 0.158. The number of halogens is 1. The minimum atomic E-state index is -0.246. The van der Waals surface area contributed by atoms with E-state index in [1.807, 2.05) is 13.8 Å². The third-order valence-corrected chi connectivity index (χ3v) is 3.04. The summed E-state index contributed by atoms with van der Waals surface area (Å²) in [6.45, 7) is 5.32. The number of furan rings is 1. The molecule has 0 aliphatic rings. The van der Waals surface area contributed by atoms with Crippen molar-refractivity contribution in [3.05, 3.63) is 35.3 Å². The lowest BCUT2D eigenvalue weighted by Gasteiger charge is -2.15. The second kappa shape index (κ2) is 5.50. The first kappa shape index (κ1) is 13.1. The van der Waals surface area contributed by atoms with Crippen molar-refractivity contribution < 1.29 is 13.5 Å². The van der Waals surface area contributed by atoms with Crippen LogP contribution in [-0.4, -0.2) is 20.3 Å². The summed E-state index contributed by atoms with van der Waals surface area (Å²) in [5.74, 6) is 0.573. The zero-order chi connectivity index (χ0) is 13.1. The molecule has 0 saturated carbocycles. The summed E-state index contributed by atoms with van der Waals surface area (Å²) in [6, 6.07) is 4.58. The molecule has 0 saturated heterocycles. The summed E-state index contributed by atoms with van der Waals surface area (Å²) in [7, 11) is 1.65. The predicted octanol–water partition coefficient (Wildman–Crippen LogP) is 3.18. The van der Waals surface area contributed by atoms with E-state index in [0.29, 0.717) is 12.2 Å². The Morgan fingerprint density at radius 3 is 2.89 bits per heavy atom. The zero-order valence-electron chi connectivity index (χ0n) is 10.9. The number of fused-ring (bicyclic) bond motifs is 1. The van der Waals surface area contributed by atoms with E-state index in [1.54, 1.807) is 13.2 Å². The lowest BCUT2D eigenvalue weighted by atomic mass is 10.1. The van der Waals surface area contributed by atoms with Crippen LogP contribution < -0.4 is 5.32 Å². The van der Waals surface area contributed by atoms with Gasteiger partial charge in [0.15, 0.2) is 0 Å². The van der Waals surface area contributed by atoms with Crippen molar-refractivity contribution in [2.45, 2.75) is 19.9 Å². The van der Waals surface area contributed by atoms with Gasteiger partial charge < -0.3 is 14.5 Å². The molecule has 1 unspecified atom stereocenters. The fourth-order valence-corrected chi connectivity index (χ4v) is 2.18. The molecule has 2 rings (SSSR count). The largest absolute Gasteiger partial charge is 0.459 e. The van der Waals surface area contributed by atoms with Crippen LogP contribution in [0, 0.1) is 12.7 Å². The summed E-state index contributed by atoms with van der Waals surface area (Å²) >= 11 is 0. The van der Waals surface area contributed by atoms with E-state index in [0.717, 1.165) is 23.3 Å². The van der Waals surface area contributed by atoms with Gasteiger partial charge in [0.2, 0.25) is 0 Å². The maximum absolute atomic E-state index is 13.2. The summed E-state index contributed by atoms with van der Waals surface area (Å²) in [5, 5.41) is 4.13. The Morgan fingerprint density at radius 1 is 1.44 bits per heavy atom.